The Hall–Kier alpha value is -1.11. The van der Waals surface area contributed by atoms with Crippen LogP contribution in [0.2, 0.25) is 0 Å². The Morgan fingerprint density at radius 1 is 1.92 bits per heavy atom. The summed E-state index contributed by atoms with van der Waals surface area (Å²) >= 11 is 0. The van der Waals surface area contributed by atoms with Crippen molar-refractivity contribution in [3.63, 3.8) is 0 Å². The van der Waals surface area contributed by atoms with Crippen LogP contribution in [-0.4, -0.2) is 18.7 Å². The molecular weight excluding hydrogens is 161 g/mol. The topological polar surface area (TPSA) is 50.1 Å². The minimum atomic E-state index is -0.975. The fourth-order valence-corrected chi connectivity index (χ4v) is 1.08. The van der Waals surface area contributed by atoms with Crippen LogP contribution in [0.4, 0.5) is 4.39 Å². The molecule has 4 heteroatoms. The number of nitriles is 1. The SMILES string of the molecule is CC(=O)OC[C@@]1(CC#N)C[C@H]1F. The Bertz CT molecular complexity index is 236. The van der Waals surface area contributed by atoms with E-state index in [0.29, 0.717) is 6.42 Å². The van der Waals surface area contributed by atoms with Crippen LogP contribution in [0, 0.1) is 16.7 Å². The van der Waals surface area contributed by atoms with E-state index in [0.717, 1.165) is 0 Å². The molecule has 1 fully saturated rings. The second kappa shape index (κ2) is 3.10. The van der Waals surface area contributed by atoms with Crippen LogP contribution >= 0.6 is 0 Å². The largest absolute Gasteiger partial charge is 0.465 e. The van der Waals surface area contributed by atoms with E-state index in [-0.39, 0.29) is 13.0 Å². The summed E-state index contributed by atoms with van der Waals surface area (Å²) in [6.45, 7) is 1.31. The summed E-state index contributed by atoms with van der Waals surface area (Å²) in [5, 5.41) is 8.37. The van der Waals surface area contributed by atoms with E-state index >= 15 is 0 Å². The normalized spacial score (nSPS) is 32.2. The molecule has 66 valence electrons. The van der Waals surface area contributed by atoms with Crippen molar-refractivity contribution in [1.82, 2.24) is 0 Å². The van der Waals surface area contributed by atoms with E-state index in [1.165, 1.54) is 6.92 Å². The van der Waals surface area contributed by atoms with Gasteiger partial charge in [-0.3, -0.25) is 4.79 Å². The van der Waals surface area contributed by atoms with Gasteiger partial charge >= 0.3 is 5.97 Å². The molecule has 0 aromatic rings. The lowest BCUT2D eigenvalue weighted by Gasteiger charge is -2.09. The van der Waals surface area contributed by atoms with Gasteiger partial charge in [0.2, 0.25) is 0 Å². The summed E-state index contributed by atoms with van der Waals surface area (Å²) in [6, 6.07) is 1.89. The highest BCUT2D eigenvalue weighted by molar-refractivity contribution is 5.66. The van der Waals surface area contributed by atoms with Crippen molar-refractivity contribution in [3.8, 4) is 6.07 Å². The van der Waals surface area contributed by atoms with Gasteiger partial charge in [0.15, 0.2) is 0 Å². The van der Waals surface area contributed by atoms with Crippen molar-refractivity contribution in [2.45, 2.75) is 25.9 Å². The van der Waals surface area contributed by atoms with Gasteiger partial charge in [-0.05, 0) is 6.42 Å². The minimum Gasteiger partial charge on any atom is -0.465 e. The van der Waals surface area contributed by atoms with Crippen LogP contribution in [-0.2, 0) is 9.53 Å². The van der Waals surface area contributed by atoms with Gasteiger partial charge in [0.25, 0.3) is 0 Å². The van der Waals surface area contributed by atoms with Crippen LogP contribution in [0.15, 0.2) is 0 Å². The van der Waals surface area contributed by atoms with Crippen LogP contribution in [0.3, 0.4) is 0 Å². The minimum absolute atomic E-state index is 0.0388. The van der Waals surface area contributed by atoms with Gasteiger partial charge in [0.1, 0.15) is 12.8 Å². The summed E-state index contributed by atoms with van der Waals surface area (Å²) in [5.74, 6) is -0.425. The molecular formula is C8H10FNO2. The molecule has 1 aliphatic rings. The second-order valence-electron chi connectivity index (χ2n) is 3.15. The van der Waals surface area contributed by atoms with Gasteiger partial charge in [-0.15, -0.1) is 0 Å². The lowest BCUT2D eigenvalue weighted by atomic mass is 10.1. The predicted octanol–water partition coefficient (Wildman–Crippen LogP) is 1.19. The van der Waals surface area contributed by atoms with Crippen molar-refractivity contribution in [3.05, 3.63) is 0 Å². The summed E-state index contributed by atoms with van der Waals surface area (Å²) in [4.78, 5) is 10.4. The molecule has 1 saturated carbocycles. The lowest BCUT2D eigenvalue weighted by molar-refractivity contribution is -0.143. The van der Waals surface area contributed by atoms with E-state index in [9.17, 15) is 9.18 Å². The van der Waals surface area contributed by atoms with Crippen molar-refractivity contribution in [2.24, 2.45) is 5.41 Å². The van der Waals surface area contributed by atoms with Crippen LogP contribution < -0.4 is 0 Å². The first-order chi connectivity index (χ1) is 5.60. The number of hydrogen-bond donors (Lipinski definition) is 0. The lowest BCUT2D eigenvalue weighted by Crippen LogP contribution is -2.15. The molecule has 12 heavy (non-hydrogen) atoms. The average Bonchev–Trinajstić information content (AvgIpc) is 2.60. The molecule has 0 aliphatic heterocycles. The number of carbonyl (C=O) groups excluding carboxylic acids is 1. The molecule has 0 unspecified atom stereocenters. The highest BCUT2D eigenvalue weighted by atomic mass is 19.1. The molecule has 1 rings (SSSR count). The third-order valence-corrected chi connectivity index (χ3v) is 2.08. The van der Waals surface area contributed by atoms with Gasteiger partial charge in [-0.25, -0.2) is 4.39 Å². The summed E-state index contributed by atoms with van der Waals surface area (Å²) < 4.78 is 17.4. The van der Waals surface area contributed by atoms with Gasteiger partial charge in [0.05, 0.1) is 11.5 Å². The van der Waals surface area contributed by atoms with E-state index in [1.54, 1.807) is 0 Å². The van der Waals surface area contributed by atoms with Gasteiger partial charge in [-0.1, -0.05) is 0 Å². The molecule has 3 nitrogen and oxygen atoms in total. The zero-order valence-electron chi connectivity index (χ0n) is 6.84. The third kappa shape index (κ3) is 1.73. The standard InChI is InChI=1S/C8H10FNO2/c1-6(11)12-5-8(2-3-10)4-7(8)9/h7H,2,4-5H2,1H3/t7-,8-/m1/s1. The van der Waals surface area contributed by atoms with Crippen molar-refractivity contribution in [1.29, 1.82) is 5.26 Å². The molecule has 2 atom stereocenters. The smallest absolute Gasteiger partial charge is 0.302 e. The zero-order valence-corrected chi connectivity index (χ0v) is 6.84. The first-order valence-electron chi connectivity index (χ1n) is 3.75. The predicted molar refractivity (Wildman–Crippen MR) is 38.8 cm³/mol. The number of halogens is 1. The number of ether oxygens (including phenoxy) is 1. The fraction of sp³-hybridized carbons (Fsp3) is 0.750. The van der Waals surface area contributed by atoms with Crippen LogP contribution in [0.1, 0.15) is 19.8 Å². The molecule has 0 saturated heterocycles. The number of nitrogens with zero attached hydrogens (tertiary/aromatic N) is 1. The molecule has 0 radical (unpaired) electrons. The molecule has 0 N–H and O–H groups in total. The third-order valence-electron chi connectivity index (χ3n) is 2.08. The van der Waals surface area contributed by atoms with Crippen LogP contribution in [0.25, 0.3) is 0 Å². The maximum atomic E-state index is 12.7. The Kier molecular flexibility index (Phi) is 2.32. The first-order valence-corrected chi connectivity index (χ1v) is 3.75. The molecule has 0 bridgehead atoms. The first kappa shape index (κ1) is 8.98. The van der Waals surface area contributed by atoms with E-state index in [1.807, 2.05) is 6.07 Å². The number of carbonyl (C=O) groups is 1. The molecule has 1 aliphatic carbocycles. The molecule has 0 spiro atoms. The van der Waals surface area contributed by atoms with Crippen molar-refractivity contribution < 1.29 is 13.9 Å². The molecule has 0 amide bonds. The van der Waals surface area contributed by atoms with E-state index in [4.69, 9.17) is 5.26 Å². The van der Waals surface area contributed by atoms with Crippen LogP contribution in [0.5, 0.6) is 0 Å². The highest BCUT2D eigenvalue weighted by Gasteiger charge is 2.56. The molecule has 0 aromatic heterocycles. The quantitative estimate of drug-likeness (QED) is 0.599. The summed E-state index contributed by atoms with van der Waals surface area (Å²) in [5.41, 5.74) is -0.680. The summed E-state index contributed by atoms with van der Waals surface area (Å²) in [6.07, 6.45) is -0.508. The monoisotopic (exact) mass is 171 g/mol. The van der Waals surface area contributed by atoms with Gasteiger partial charge in [-0.2, -0.15) is 5.26 Å². The van der Waals surface area contributed by atoms with Gasteiger partial charge < -0.3 is 4.74 Å². The Labute approximate surface area is 70.1 Å². The number of hydrogen-bond acceptors (Lipinski definition) is 3. The summed E-state index contributed by atoms with van der Waals surface area (Å²) in [7, 11) is 0. The Morgan fingerprint density at radius 3 is 2.83 bits per heavy atom. The average molecular weight is 171 g/mol. The Balaban J connectivity index is 2.38. The molecule has 0 heterocycles. The van der Waals surface area contributed by atoms with E-state index in [2.05, 4.69) is 4.74 Å². The number of alkyl halides is 1. The molecule has 0 aromatic carbocycles. The maximum Gasteiger partial charge on any atom is 0.302 e. The van der Waals surface area contributed by atoms with E-state index < -0.39 is 17.6 Å². The fourth-order valence-electron chi connectivity index (χ4n) is 1.08. The van der Waals surface area contributed by atoms with Crippen molar-refractivity contribution in [2.75, 3.05) is 6.61 Å². The highest BCUT2D eigenvalue weighted by Crippen LogP contribution is 2.51. The number of rotatable bonds is 3. The Morgan fingerprint density at radius 2 is 2.50 bits per heavy atom. The van der Waals surface area contributed by atoms with Gasteiger partial charge in [0, 0.05) is 13.3 Å². The van der Waals surface area contributed by atoms with Crippen molar-refractivity contribution >= 4 is 5.97 Å². The zero-order chi connectivity index (χ0) is 9.19. The number of esters is 1. The maximum absolute atomic E-state index is 12.7. The second-order valence-corrected chi connectivity index (χ2v) is 3.15.